The molecule has 0 saturated carbocycles. The first-order valence-corrected chi connectivity index (χ1v) is 6.81. The van der Waals surface area contributed by atoms with Gasteiger partial charge >= 0.3 is 5.97 Å². The van der Waals surface area contributed by atoms with Gasteiger partial charge in [-0.15, -0.1) is 0 Å². The largest absolute Gasteiger partial charge is 0.460 e. The van der Waals surface area contributed by atoms with Crippen LogP contribution in [0.25, 0.3) is 0 Å². The molecular formula is C11H13NO4S2. The van der Waals surface area contributed by atoms with Gasteiger partial charge in [-0.25, -0.2) is 4.79 Å². The maximum atomic E-state index is 11.9. The Kier molecular flexibility index (Phi) is 4.04. The summed E-state index contributed by atoms with van der Waals surface area (Å²) >= 11 is 6.47. The van der Waals surface area contributed by atoms with Crippen molar-refractivity contribution in [2.24, 2.45) is 5.92 Å². The van der Waals surface area contributed by atoms with E-state index in [-0.39, 0.29) is 30.4 Å². The molecule has 1 amide bonds. The van der Waals surface area contributed by atoms with Crippen LogP contribution in [0.15, 0.2) is 12.7 Å². The van der Waals surface area contributed by atoms with Crippen LogP contribution in [0.5, 0.6) is 0 Å². The van der Waals surface area contributed by atoms with Crippen molar-refractivity contribution in [2.45, 2.75) is 17.8 Å². The third-order valence-electron chi connectivity index (χ3n) is 2.94. The number of ether oxygens (including phenoxy) is 1. The predicted molar refractivity (Wildman–Crippen MR) is 71.0 cm³/mol. The van der Waals surface area contributed by atoms with Crippen molar-refractivity contribution in [1.82, 2.24) is 4.90 Å². The first-order chi connectivity index (χ1) is 8.61. The molecule has 2 aliphatic heterocycles. The number of aliphatic hydroxyl groups is 1. The Morgan fingerprint density at radius 1 is 1.67 bits per heavy atom. The lowest BCUT2D eigenvalue weighted by Gasteiger charge is -2.43. The van der Waals surface area contributed by atoms with Crippen LogP contribution < -0.4 is 0 Å². The summed E-state index contributed by atoms with van der Waals surface area (Å²) in [5, 5.41) is 8.75. The van der Waals surface area contributed by atoms with Crippen LogP contribution in [0.3, 0.4) is 0 Å². The van der Waals surface area contributed by atoms with Crippen LogP contribution in [-0.2, 0) is 14.3 Å². The summed E-state index contributed by atoms with van der Waals surface area (Å²) in [5.41, 5.74) is 0. The van der Waals surface area contributed by atoms with Crippen molar-refractivity contribution in [3.63, 3.8) is 0 Å². The van der Waals surface area contributed by atoms with Gasteiger partial charge in [0.05, 0.1) is 15.5 Å². The van der Waals surface area contributed by atoms with Crippen LogP contribution in [-0.4, -0.2) is 50.7 Å². The van der Waals surface area contributed by atoms with E-state index in [4.69, 9.17) is 22.1 Å². The van der Waals surface area contributed by atoms with Gasteiger partial charge in [0.2, 0.25) is 5.91 Å². The average Bonchev–Trinajstić information content (AvgIpc) is 2.67. The molecule has 0 aromatic heterocycles. The molecule has 98 valence electrons. The molecule has 1 N–H and O–H groups in total. The molecule has 0 aromatic rings. The minimum atomic E-state index is -0.766. The molecule has 3 atom stereocenters. The number of β-lactam (4-membered cyclic amide) rings is 1. The molecule has 2 aliphatic rings. The minimum absolute atomic E-state index is 0.0420. The second-order valence-electron chi connectivity index (χ2n) is 4.01. The fourth-order valence-corrected chi connectivity index (χ4v) is 3.93. The highest BCUT2D eigenvalue weighted by atomic mass is 32.2. The Morgan fingerprint density at radius 2 is 2.39 bits per heavy atom. The maximum Gasteiger partial charge on any atom is 0.335 e. The number of carbonyl (C=O) groups excluding carboxylic acids is 2. The molecule has 0 bridgehead atoms. The van der Waals surface area contributed by atoms with E-state index in [0.29, 0.717) is 10.6 Å². The molecule has 18 heavy (non-hydrogen) atoms. The molecule has 2 fully saturated rings. The standard InChI is InChI=1S/C11H13NO4S2/c1-2-5-16-10(15)7-11(17)18-9-6(3-4-13)8(14)12(7)9/h2,6-7,9,13H,1,3-5H2/t6-,7?,9+/m0/s1. The predicted octanol–water partition coefficient (Wildman–Crippen LogP) is 0.325. The smallest absolute Gasteiger partial charge is 0.335 e. The molecule has 1 unspecified atom stereocenters. The summed E-state index contributed by atoms with van der Waals surface area (Å²) in [5.74, 6) is -0.886. The normalized spacial score (nSPS) is 29.8. The van der Waals surface area contributed by atoms with Gasteiger partial charge in [-0.05, 0) is 6.42 Å². The van der Waals surface area contributed by atoms with Crippen molar-refractivity contribution in [2.75, 3.05) is 13.2 Å². The fourth-order valence-electron chi connectivity index (χ4n) is 2.10. The SMILES string of the molecule is C=CCOC(=O)C1C(=S)S[C@@H]2[C@@H](CCO)C(=O)N12. The lowest BCUT2D eigenvalue weighted by molar-refractivity contribution is -0.162. The van der Waals surface area contributed by atoms with E-state index in [1.165, 1.54) is 22.7 Å². The quantitative estimate of drug-likeness (QED) is 0.340. The molecule has 2 heterocycles. The second-order valence-corrected chi connectivity index (χ2v) is 5.87. The summed E-state index contributed by atoms with van der Waals surface area (Å²) in [4.78, 5) is 25.1. The van der Waals surface area contributed by atoms with Crippen LogP contribution in [0.4, 0.5) is 0 Å². The van der Waals surface area contributed by atoms with E-state index >= 15 is 0 Å². The number of aliphatic hydroxyl groups excluding tert-OH is 1. The first-order valence-electron chi connectivity index (χ1n) is 5.53. The Balaban J connectivity index is 2.06. The number of carbonyl (C=O) groups is 2. The molecule has 0 aromatic carbocycles. The number of thiocarbonyl (C=S) groups is 1. The van der Waals surface area contributed by atoms with E-state index in [0.717, 1.165) is 0 Å². The fraction of sp³-hybridized carbons (Fsp3) is 0.545. The van der Waals surface area contributed by atoms with Gasteiger partial charge in [0, 0.05) is 6.61 Å². The lowest BCUT2D eigenvalue weighted by atomic mass is 9.93. The number of rotatable bonds is 5. The van der Waals surface area contributed by atoms with Crippen LogP contribution >= 0.6 is 24.0 Å². The molecule has 5 nitrogen and oxygen atoms in total. The van der Waals surface area contributed by atoms with Gasteiger partial charge in [-0.1, -0.05) is 36.6 Å². The Hall–Kier alpha value is -0.920. The molecular weight excluding hydrogens is 274 g/mol. The van der Waals surface area contributed by atoms with E-state index in [9.17, 15) is 9.59 Å². The van der Waals surface area contributed by atoms with Crippen molar-refractivity contribution in [1.29, 1.82) is 0 Å². The number of fused-ring (bicyclic) bond motifs is 1. The van der Waals surface area contributed by atoms with Crippen LogP contribution in [0.2, 0.25) is 0 Å². The summed E-state index contributed by atoms with van der Waals surface area (Å²) in [6.07, 6.45) is 1.87. The van der Waals surface area contributed by atoms with Crippen molar-refractivity contribution < 1.29 is 19.4 Å². The number of esters is 1. The minimum Gasteiger partial charge on any atom is -0.460 e. The topological polar surface area (TPSA) is 66.8 Å². The van der Waals surface area contributed by atoms with Crippen molar-refractivity contribution >= 4 is 40.1 Å². The Labute approximate surface area is 114 Å². The van der Waals surface area contributed by atoms with Gasteiger partial charge in [-0.2, -0.15) is 0 Å². The molecule has 0 aliphatic carbocycles. The average molecular weight is 287 g/mol. The third kappa shape index (κ3) is 2.06. The number of amides is 1. The zero-order chi connectivity index (χ0) is 13.3. The van der Waals surface area contributed by atoms with Crippen molar-refractivity contribution in [3.8, 4) is 0 Å². The third-order valence-corrected chi connectivity index (χ3v) is 4.70. The van der Waals surface area contributed by atoms with Crippen LogP contribution in [0, 0.1) is 5.92 Å². The summed E-state index contributed by atoms with van der Waals surface area (Å²) in [7, 11) is 0. The number of hydrogen-bond acceptors (Lipinski definition) is 6. The van der Waals surface area contributed by atoms with E-state index in [1.54, 1.807) is 0 Å². The summed E-state index contributed by atoms with van der Waals surface area (Å²) < 4.78 is 5.40. The van der Waals surface area contributed by atoms with Gasteiger partial charge in [0.1, 0.15) is 6.61 Å². The molecule has 7 heteroatoms. The van der Waals surface area contributed by atoms with Gasteiger partial charge < -0.3 is 14.7 Å². The summed E-state index contributed by atoms with van der Waals surface area (Å²) in [6.45, 7) is 3.52. The summed E-state index contributed by atoms with van der Waals surface area (Å²) in [6, 6.07) is -0.766. The van der Waals surface area contributed by atoms with E-state index in [1.807, 2.05) is 0 Å². The number of thioether (sulfide) groups is 1. The monoisotopic (exact) mass is 287 g/mol. The molecule has 2 saturated heterocycles. The number of nitrogens with zero attached hydrogens (tertiary/aromatic N) is 1. The van der Waals surface area contributed by atoms with E-state index < -0.39 is 12.0 Å². The highest BCUT2D eigenvalue weighted by Gasteiger charge is 2.58. The zero-order valence-corrected chi connectivity index (χ0v) is 11.2. The lowest BCUT2D eigenvalue weighted by Crippen LogP contribution is -2.61. The van der Waals surface area contributed by atoms with Gasteiger partial charge in [-0.3, -0.25) is 4.79 Å². The number of hydrogen-bond donors (Lipinski definition) is 1. The molecule has 2 rings (SSSR count). The second kappa shape index (κ2) is 5.38. The van der Waals surface area contributed by atoms with E-state index in [2.05, 4.69) is 6.58 Å². The maximum absolute atomic E-state index is 11.9. The zero-order valence-electron chi connectivity index (χ0n) is 9.57. The Morgan fingerprint density at radius 3 is 3.00 bits per heavy atom. The van der Waals surface area contributed by atoms with Crippen LogP contribution in [0.1, 0.15) is 6.42 Å². The Bertz CT molecular complexity index is 412. The van der Waals surface area contributed by atoms with Gasteiger partial charge in [0.15, 0.2) is 6.04 Å². The molecule has 0 radical (unpaired) electrons. The van der Waals surface area contributed by atoms with Gasteiger partial charge in [0.25, 0.3) is 0 Å². The molecule has 0 spiro atoms. The first kappa shape index (κ1) is 13.5. The highest BCUT2D eigenvalue weighted by Crippen LogP contribution is 2.46. The highest BCUT2D eigenvalue weighted by molar-refractivity contribution is 8.24. The van der Waals surface area contributed by atoms with Crippen molar-refractivity contribution in [3.05, 3.63) is 12.7 Å².